The van der Waals surface area contributed by atoms with Crippen molar-refractivity contribution in [1.82, 2.24) is 20.0 Å². The highest BCUT2D eigenvalue weighted by Crippen LogP contribution is 2.26. The molecule has 4 rings (SSSR count). The number of hydrogen-bond acceptors (Lipinski definition) is 6. The van der Waals surface area contributed by atoms with Crippen LogP contribution >= 0.6 is 0 Å². The van der Waals surface area contributed by atoms with Gasteiger partial charge in [0.25, 0.3) is 0 Å². The van der Waals surface area contributed by atoms with E-state index in [0.717, 1.165) is 12.8 Å². The predicted molar refractivity (Wildman–Crippen MR) is 90.8 cm³/mol. The summed E-state index contributed by atoms with van der Waals surface area (Å²) in [6.07, 6.45) is -3.00. The van der Waals surface area contributed by atoms with E-state index in [9.17, 15) is 13.2 Å². The lowest BCUT2D eigenvalue weighted by Gasteiger charge is -2.23. The Morgan fingerprint density at radius 1 is 1.15 bits per heavy atom. The number of anilines is 1. The number of fused-ring (bicyclic) bond motifs is 1. The van der Waals surface area contributed by atoms with Crippen LogP contribution in [0.15, 0.2) is 36.4 Å². The molecule has 0 spiro atoms. The molecule has 0 unspecified atom stereocenters. The number of aromatic nitrogens is 4. The van der Waals surface area contributed by atoms with Crippen LogP contribution in [-0.2, 0) is 4.74 Å². The van der Waals surface area contributed by atoms with Crippen molar-refractivity contribution < 1.29 is 22.6 Å². The lowest BCUT2D eigenvalue weighted by Crippen LogP contribution is -2.28. The first-order chi connectivity index (χ1) is 13.0. The maximum Gasteiger partial charge on any atom is 0.573 e. The van der Waals surface area contributed by atoms with E-state index in [1.807, 2.05) is 0 Å². The van der Waals surface area contributed by atoms with Gasteiger partial charge in [0.2, 0.25) is 0 Å². The average molecular weight is 379 g/mol. The van der Waals surface area contributed by atoms with E-state index in [2.05, 4.69) is 25.3 Å². The number of nitrogens with zero attached hydrogens (tertiary/aromatic N) is 4. The molecule has 2 aromatic heterocycles. The van der Waals surface area contributed by atoms with Crippen LogP contribution in [-0.4, -0.2) is 45.6 Å². The van der Waals surface area contributed by atoms with Gasteiger partial charge >= 0.3 is 6.36 Å². The minimum atomic E-state index is -4.76. The largest absolute Gasteiger partial charge is 0.573 e. The standard InChI is InChI=1S/C17H16F3N5O2/c18-17(19,20)27-13-3-1-2-12(10-13)25-16-14(23-24-25)4-5-15(22-16)21-11-6-8-26-9-7-11/h1-5,10-11H,6-9H2,(H,21,22). The highest BCUT2D eigenvalue weighted by atomic mass is 19.4. The highest BCUT2D eigenvalue weighted by Gasteiger charge is 2.31. The first kappa shape index (κ1) is 17.5. The molecule has 1 saturated heterocycles. The van der Waals surface area contributed by atoms with Crippen LogP contribution in [0.1, 0.15) is 12.8 Å². The number of benzene rings is 1. The zero-order chi connectivity index (χ0) is 18.9. The third kappa shape index (κ3) is 4.11. The van der Waals surface area contributed by atoms with Crippen LogP contribution in [0.25, 0.3) is 16.9 Å². The number of rotatable bonds is 4. The van der Waals surface area contributed by atoms with Crippen molar-refractivity contribution in [3.63, 3.8) is 0 Å². The predicted octanol–water partition coefficient (Wildman–Crippen LogP) is 3.31. The Morgan fingerprint density at radius 3 is 2.74 bits per heavy atom. The van der Waals surface area contributed by atoms with Crippen molar-refractivity contribution in [2.45, 2.75) is 25.2 Å². The molecule has 0 bridgehead atoms. The molecule has 0 saturated carbocycles. The molecule has 1 aromatic carbocycles. The van der Waals surface area contributed by atoms with Crippen molar-refractivity contribution in [2.24, 2.45) is 0 Å². The van der Waals surface area contributed by atoms with Gasteiger partial charge in [-0.1, -0.05) is 11.3 Å². The van der Waals surface area contributed by atoms with Crippen LogP contribution < -0.4 is 10.1 Å². The molecular weight excluding hydrogens is 363 g/mol. The molecule has 3 heterocycles. The Balaban J connectivity index is 1.64. The number of alkyl halides is 3. The second-order valence-electron chi connectivity index (χ2n) is 6.12. The van der Waals surface area contributed by atoms with E-state index in [-0.39, 0.29) is 11.8 Å². The molecule has 0 aliphatic carbocycles. The van der Waals surface area contributed by atoms with Crippen LogP contribution in [0.4, 0.5) is 19.0 Å². The fourth-order valence-electron chi connectivity index (χ4n) is 2.93. The molecule has 0 atom stereocenters. The van der Waals surface area contributed by atoms with Gasteiger partial charge in [-0.2, -0.15) is 4.68 Å². The molecule has 7 nitrogen and oxygen atoms in total. The summed E-state index contributed by atoms with van der Waals surface area (Å²) in [5.74, 6) is 0.320. The van der Waals surface area contributed by atoms with Gasteiger partial charge in [-0.05, 0) is 37.1 Å². The summed E-state index contributed by atoms with van der Waals surface area (Å²) in [6, 6.07) is 9.36. The molecule has 1 aliphatic heterocycles. The Labute approximate surface area is 152 Å². The SMILES string of the molecule is FC(F)(F)Oc1cccc(-n2nnc3ccc(NC4CCOCC4)nc32)c1. The summed E-state index contributed by atoms with van der Waals surface area (Å²) in [7, 11) is 0. The topological polar surface area (TPSA) is 74.1 Å². The zero-order valence-electron chi connectivity index (χ0n) is 14.1. The van der Waals surface area contributed by atoms with Gasteiger partial charge in [0.05, 0.1) is 5.69 Å². The molecule has 10 heteroatoms. The second kappa shape index (κ2) is 7.03. The number of pyridine rings is 1. The third-order valence-electron chi connectivity index (χ3n) is 4.17. The highest BCUT2D eigenvalue weighted by molar-refractivity contribution is 5.74. The molecule has 1 N–H and O–H groups in total. The fraction of sp³-hybridized carbons (Fsp3) is 0.353. The molecule has 142 valence electrons. The van der Waals surface area contributed by atoms with E-state index in [0.29, 0.717) is 35.9 Å². The summed E-state index contributed by atoms with van der Waals surface area (Å²) in [4.78, 5) is 4.53. The molecule has 1 aliphatic rings. The minimum absolute atomic E-state index is 0.261. The summed E-state index contributed by atoms with van der Waals surface area (Å²) >= 11 is 0. The van der Waals surface area contributed by atoms with E-state index in [4.69, 9.17) is 4.74 Å². The van der Waals surface area contributed by atoms with Crippen molar-refractivity contribution in [2.75, 3.05) is 18.5 Å². The molecule has 0 amide bonds. The van der Waals surface area contributed by atoms with Gasteiger partial charge in [0.15, 0.2) is 5.65 Å². The smallest absolute Gasteiger partial charge is 0.406 e. The summed E-state index contributed by atoms with van der Waals surface area (Å²) in [6.45, 7) is 1.40. The molecule has 1 fully saturated rings. The van der Waals surface area contributed by atoms with E-state index < -0.39 is 6.36 Å². The van der Waals surface area contributed by atoms with E-state index >= 15 is 0 Å². The maximum absolute atomic E-state index is 12.5. The van der Waals surface area contributed by atoms with Crippen LogP contribution in [0.2, 0.25) is 0 Å². The summed E-state index contributed by atoms with van der Waals surface area (Å²) in [5.41, 5.74) is 1.35. The molecule has 3 aromatic rings. The van der Waals surface area contributed by atoms with Gasteiger partial charge in [-0.25, -0.2) is 4.98 Å². The van der Waals surface area contributed by atoms with Crippen LogP contribution in [0.5, 0.6) is 5.75 Å². The van der Waals surface area contributed by atoms with E-state index in [1.54, 1.807) is 18.2 Å². The Kier molecular flexibility index (Phi) is 4.56. The maximum atomic E-state index is 12.5. The summed E-state index contributed by atoms with van der Waals surface area (Å²) < 4.78 is 48.1. The lowest BCUT2D eigenvalue weighted by atomic mass is 10.1. The fourth-order valence-corrected chi connectivity index (χ4v) is 2.93. The summed E-state index contributed by atoms with van der Waals surface area (Å²) in [5, 5.41) is 11.4. The molecule has 0 radical (unpaired) electrons. The second-order valence-corrected chi connectivity index (χ2v) is 6.12. The van der Waals surface area contributed by atoms with Gasteiger partial charge in [0, 0.05) is 25.3 Å². The van der Waals surface area contributed by atoms with Gasteiger partial charge in [-0.3, -0.25) is 0 Å². The average Bonchev–Trinajstić information content (AvgIpc) is 3.05. The monoisotopic (exact) mass is 379 g/mol. The van der Waals surface area contributed by atoms with Gasteiger partial charge < -0.3 is 14.8 Å². The normalized spacial score (nSPS) is 15.8. The molecular formula is C17H16F3N5O2. The Morgan fingerprint density at radius 2 is 1.96 bits per heavy atom. The van der Waals surface area contributed by atoms with Crippen molar-refractivity contribution in [3.8, 4) is 11.4 Å². The first-order valence-electron chi connectivity index (χ1n) is 8.41. The third-order valence-corrected chi connectivity index (χ3v) is 4.17. The Hall–Kier alpha value is -2.88. The first-order valence-corrected chi connectivity index (χ1v) is 8.41. The zero-order valence-corrected chi connectivity index (χ0v) is 14.1. The van der Waals surface area contributed by atoms with Crippen molar-refractivity contribution in [1.29, 1.82) is 0 Å². The quantitative estimate of drug-likeness (QED) is 0.750. The number of hydrogen-bond donors (Lipinski definition) is 1. The van der Waals surface area contributed by atoms with Gasteiger partial charge in [-0.15, -0.1) is 18.3 Å². The lowest BCUT2D eigenvalue weighted by molar-refractivity contribution is -0.274. The number of nitrogens with one attached hydrogen (secondary N) is 1. The van der Waals surface area contributed by atoms with Crippen molar-refractivity contribution in [3.05, 3.63) is 36.4 Å². The van der Waals surface area contributed by atoms with Gasteiger partial charge in [0.1, 0.15) is 17.1 Å². The van der Waals surface area contributed by atoms with Crippen LogP contribution in [0, 0.1) is 0 Å². The number of ether oxygens (including phenoxy) is 2. The minimum Gasteiger partial charge on any atom is -0.406 e. The number of halogens is 3. The molecule has 27 heavy (non-hydrogen) atoms. The Bertz CT molecular complexity index is 938. The van der Waals surface area contributed by atoms with E-state index in [1.165, 1.54) is 22.9 Å². The van der Waals surface area contributed by atoms with Crippen molar-refractivity contribution >= 4 is 17.0 Å². The van der Waals surface area contributed by atoms with Crippen LogP contribution in [0.3, 0.4) is 0 Å².